The lowest BCUT2D eigenvalue weighted by Gasteiger charge is -2.16. The first-order valence-electron chi connectivity index (χ1n) is 6.41. The fourth-order valence-corrected chi connectivity index (χ4v) is 2.05. The van der Waals surface area contributed by atoms with Gasteiger partial charge in [-0.15, -0.1) is 0 Å². The molecule has 0 saturated heterocycles. The van der Waals surface area contributed by atoms with Crippen LogP contribution >= 0.6 is 0 Å². The molecule has 0 saturated carbocycles. The van der Waals surface area contributed by atoms with Gasteiger partial charge in [0.1, 0.15) is 11.6 Å². The molecule has 4 nitrogen and oxygen atoms in total. The van der Waals surface area contributed by atoms with Crippen molar-refractivity contribution in [3.05, 3.63) is 69.8 Å². The fourth-order valence-electron chi connectivity index (χ4n) is 2.05. The number of non-ortho nitro benzene ring substituents is 1. The summed E-state index contributed by atoms with van der Waals surface area (Å²) < 4.78 is 27.2. The van der Waals surface area contributed by atoms with Gasteiger partial charge in [-0.2, -0.15) is 0 Å². The van der Waals surface area contributed by atoms with Gasteiger partial charge in [0.15, 0.2) is 0 Å². The lowest BCUT2D eigenvalue weighted by Crippen LogP contribution is -2.19. The van der Waals surface area contributed by atoms with Crippen LogP contribution in [0.3, 0.4) is 0 Å². The molecule has 0 radical (unpaired) electrons. The number of nitro benzene ring substituents is 1. The summed E-state index contributed by atoms with van der Waals surface area (Å²) >= 11 is 0. The van der Waals surface area contributed by atoms with Gasteiger partial charge >= 0.3 is 0 Å². The van der Waals surface area contributed by atoms with Gasteiger partial charge in [0.2, 0.25) is 0 Å². The van der Waals surface area contributed by atoms with Gasteiger partial charge in [-0.05, 0) is 31.0 Å². The highest BCUT2D eigenvalue weighted by Gasteiger charge is 2.13. The van der Waals surface area contributed by atoms with Crippen molar-refractivity contribution in [3.8, 4) is 0 Å². The topological polar surface area (TPSA) is 55.2 Å². The maximum atomic E-state index is 13.7. The summed E-state index contributed by atoms with van der Waals surface area (Å²) in [7, 11) is 0. The van der Waals surface area contributed by atoms with Crippen molar-refractivity contribution in [1.29, 1.82) is 0 Å². The average molecular weight is 292 g/mol. The number of benzene rings is 2. The number of nitro groups is 1. The third-order valence-corrected chi connectivity index (χ3v) is 3.05. The van der Waals surface area contributed by atoms with E-state index in [1.54, 1.807) is 25.1 Å². The van der Waals surface area contributed by atoms with Gasteiger partial charge in [0.05, 0.1) is 10.6 Å². The van der Waals surface area contributed by atoms with Gasteiger partial charge in [-0.3, -0.25) is 10.1 Å². The normalized spacial score (nSPS) is 12.0. The molecular weight excluding hydrogens is 278 g/mol. The molecule has 0 aliphatic heterocycles. The summed E-state index contributed by atoms with van der Waals surface area (Å²) in [4.78, 5) is 10.1. The van der Waals surface area contributed by atoms with Crippen molar-refractivity contribution in [2.45, 2.75) is 19.4 Å². The molecule has 0 heterocycles. The number of hydrogen-bond donors (Lipinski definition) is 1. The molecule has 0 aromatic heterocycles. The molecule has 0 aliphatic rings. The number of anilines is 1. The molecule has 0 spiro atoms. The van der Waals surface area contributed by atoms with Gasteiger partial charge in [-0.1, -0.05) is 18.2 Å². The van der Waals surface area contributed by atoms with Gasteiger partial charge < -0.3 is 5.32 Å². The van der Waals surface area contributed by atoms with E-state index in [0.29, 0.717) is 12.0 Å². The summed E-state index contributed by atoms with van der Waals surface area (Å²) in [6.45, 7) is 1.75. The lowest BCUT2D eigenvalue weighted by molar-refractivity contribution is -0.384. The summed E-state index contributed by atoms with van der Waals surface area (Å²) in [6.07, 6.45) is 0.342. The van der Waals surface area contributed by atoms with E-state index < -0.39 is 10.7 Å². The molecule has 2 rings (SSSR count). The second kappa shape index (κ2) is 6.30. The zero-order valence-electron chi connectivity index (χ0n) is 11.3. The standard InChI is InChI=1S/C15H14F2N2O2/c1-10(8-11-4-2-3-5-13(11)16)18-15-9-12(19(20)21)6-7-14(15)17/h2-7,9-10,18H,8H2,1H3. The molecule has 0 bridgehead atoms. The van der Waals surface area contributed by atoms with Crippen LogP contribution in [0, 0.1) is 21.7 Å². The van der Waals surface area contributed by atoms with E-state index in [1.165, 1.54) is 6.07 Å². The van der Waals surface area contributed by atoms with Crippen LogP contribution in [-0.4, -0.2) is 11.0 Å². The van der Waals surface area contributed by atoms with E-state index in [4.69, 9.17) is 0 Å². The molecule has 1 N–H and O–H groups in total. The highest BCUT2D eigenvalue weighted by molar-refractivity contribution is 5.52. The van der Waals surface area contributed by atoms with Crippen LogP contribution in [0.4, 0.5) is 20.2 Å². The van der Waals surface area contributed by atoms with E-state index in [1.807, 2.05) is 0 Å². The number of nitrogens with one attached hydrogen (secondary N) is 1. The second-order valence-corrected chi connectivity index (χ2v) is 4.76. The van der Waals surface area contributed by atoms with Crippen molar-refractivity contribution in [1.82, 2.24) is 0 Å². The summed E-state index contributed by atoms with van der Waals surface area (Å²) in [5.41, 5.74) is 0.341. The second-order valence-electron chi connectivity index (χ2n) is 4.76. The minimum atomic E-state index is -0.591. The van der Waals surface area contributed by atoms with Crippen molar-refractivity contribution >= 4 is 11.4 Å². The average Bonchev–Trinajstić information content (AvgIpc) is 2.43. The molecule has 0 amide bonds. The zero-order chi connectivity index (χ0) is 15.4. The number of halogens is 2. The molecule has 0 fully saturated rings. The van der Waals surface area contributed by atoms with Crippen LogP contribution in [0.2, 0.25) is 0 Å². The van der Waals surface area contributed by atoms with Gasteiger partial charge in [-0.25, -0.2) is 8.78 Å². The Morgan fingerprint density at radius 1 is 1.19 bits per heavy atom. The third-order valence-electron chi connectivity index (χ3n) is 3.05. The van der Waals surface area contributed by atoms with Crippen molar-refractivity contribution in [3.63, 3.8) is 0 Å². The Bertz CT molecular complexity index is 662. The SMILES string of the molecule is CC(Cc1ccccc1F)Nc1cc([N+](=O)[O-])ccc1F. The third kappa shape index (κ3) is 3.75. The fraction of sp³-hybridized carbons (Fsp3) is 0.200. The number of hydrogen-bond acceptors (Lipinski definition) is 3. The first-order chi connectivity index (χ1) is 9.97. The van der Waals surface area contributed by atoms with Gasteiger partial charge in [0.25, 0.3) is 5.69 Å². The van der Waals surface area contributed by atoms with Crippen LogP contribution < -0.4 is 5.32 Å². The highest BCUT2D eigenvalue weighted by Crippen LogP contribution is 2.22. The minimum absolute atomic E-state index is 0.0352. The smallest absolute Gasteiger partial charge is 0.271 e. The van der Waals surface area contributed by atoms with E-state index in [2.05, 4.69) is 5.32 Å². The van der Waals surface area contributed by atoms with Crippen molar-refractivity contribution in [2.24, 2.45) is 0 Å². The van der Waals surface area contributed by atoms with E-state index >= 15 is 0 Å². The lowest BCUT2D eigenvalue weighted by atomic mass is 10.1. The van der Waals surface area contributed by atoms with Crippen LogP contribution in [0.15, 0.2) is 42.5 Å². The Balaban J connectivity index is 2.12. The minimum Gasteiger partial charge on any atom is -0.380 e. The Kier molecular flexibility index (Phi) is 4.47. The molecule has 1 unspecified atom stereocenters. The monoisotopic (exact) mass is 292 g/mol. The summed E-state index contributed by atoms with van der Waals surface area (Å²) in [5.74, 6) is -0.911. The van der Waals surface area contributed by atoms with Gasteiger partial charge in [0, 0.05) is 18.2 Å². The largest absolute Gasteiger partial charge is 0.380 e. The van der Waals surface area contributed by atoms with E-state index in [0.717, 1.165) is 18.2 Å². The predicted octanol–water partition coefficient (Wildman–Crippen LogP) is 3.92. The Morgan fingerprint density at radius 3 is 2.57 bits per heavy atom. The zero-order valence-corrected chi connectivity index (χ0v) is 11.3. The molecule has 0 aliphatic carbocycles. The van der Waals surface area contributed by atoms with Crippen LogP contribution in [0.5, 0.6) is 0 Å². The Morgan fingerprint density at radius 2 is 1.90 bits per heavy atom. The van der Waals surface area contributed by atoms with Crippen LogP contribution in [0.1, 0.15) is 12.5 Å². The highest BCUT2D eigenvalue weighted by atomic mass is 19.1. The summed E-state index contributed by atoms with van der Waals surface area (Å²) in [5, 5.41) is 13.5. The molecule has 2 aromatic rings. The molecule has 6 heteroatoms. The molecule has 2 aromatic carbocycles. The quantitative estimate of drug-likeness (QED) is 0.671. The van der Waals surface area contributed by atoms with Crippen molar-refractivity contribution < 1.29 is 13.7 Å². The summed E-state index contributed by atoms with van der Waals surface area (Å²) in [6, 6.07) is 9.31. The molecule has 1 atom stereocenters. The molecule has 110 valence electrons. The van der Waals surface area contributed by atoms with Crippen molar-refractivity contribution in [2.75, 3.05) is 5.32 Å². The first-order valence-corrected chi connectivity index (χ1v) is 6.41. The molecular formula is C15H14F2N2O2. The predicted molar refractivity (Wildman–Crippen MR) is 76.2 cm³/mol. The van der Waals surface area contributed by atoms with Crippen LogP contribution in [0.25, 0.3) is 0 Å². The molecule has 21 heavy (non-hydrogen) atoms. The Labute approximate surface area is 120 Å². The Hall–Kier alpha value is -2.50. The number of nitrogens with zero attached hydrogens (tertiary/aromatic N) is 1. The van der Waals surface area contributed by atoms with E-state index in [9.17, 15) is 18.9 Å². The maximum Gasteiger partial charge on any atom is 0.271 e. The maximum absolute atomic E-state index is 13.7. The van der Waals surface area contributed by atoms with Crippen LogP contribution in [-0.2, 0) is 6.42 Å². The number of rotatable bonds is 5. The van der Waals surface area contributed by atoms with E-state index in [-0.39, 0.29) is 23.2 Å². The first kappa shape index (κ1) is 14.9.